The van der Waals surface area contributed by atoms with E-state index in [1.807, 2.05) is 12.1 Å². The van der Waals surface area contributed by atoms with Gasteiger partial charge in [-0.05, 0) is 101 Å². The Labute approximate surface area is 203 Å². The van der Waals surface area contributed by atoms with Crippen molar-refractivity contribution in [3.63, 3.8) is 0 Å². The normalized spacial score (nSPS) is 10.9. The fourth-order valence-electron chi connectivity index (χ4n) is 2.74. The van der Waals surface area contributed by atoms with Gasteiger partial charge in [0.2, 0.25) is 5.91 Å². The maximum absolute atomic E-state index is 12.2. The second-order valence-electron chi connectivity index (χ2n) is 6.29. The molecule has 0 fully saturated rings. The number of nitrogens with one attached hydrogen (secondary N) is 2. The summed E-state index contributed by atoms with van der Waals surface area (Å²) >= 11 is 19.6. The lowest BCUT2D eigenvalue weighted by Gasteiger charge is -2.12. The molecular formula is C22H17Cl2IN2O2S. The van der Waals surface area contributed by atoms with E-state index in [1.54, 1.807) is 36.4 Å². The van der Waals surface area contributed by atoms with Crippen LogP contribution in [0.2, 0.25) is 10.0 Å². The van der Waals surface area contributed by atoms with Crippen LogP contribution in [0, 0.1) is 3.57 Å². The number of benzene rings is 2. The van der Waals surface area contributed by atoms with Crippen LogP contribution in [0.3, 0.4) is 0 Å². The molecule has 3 aromatic rings. The first kappa shape index (κ1) is 22.8. The maximum atomic E-state index is 12.2. The van der Waals surface area contributed by atoms with Gasteiger partial charge in [-0.3, -0.25) is 10.1 Å². The van der Waals surface area contributed by atoms with Gasteiger partial charge in [-0.15, -0.1) is 0 Å². The number of carbonyl (C=O) groups is 1. The maximum Gasteiger partial charge on any atom is 0.250 e. The Morgan fingerprint density at radius 3 is 2.57 bits per heavy atom. The van der Waals surface area contributed by atoms with Gasteiger partial charge in [0.05, 0.1) is 0 Å². The van der Waals surface area contributed by atoms with Crippen LogP contribution in [0.4, 0.5) is 5.69 Å². The Bertz CT molecular complexity index is 1110. The first-order chi connectivity index (χ1) is 14.3. The fraction of sp³-hybridized carbons (Fsp3) is 0.0909. The van der Waals surface area contributed by atoms with Gasteiger partial charge in [-0.25, -0.2) is 0 Å². The Morgan fingerprint density at radius 1 is 1.13 bits per heavy atom. The Morgan fingerprint density at radius 2 is 1.87 bits per heavy atom. The third kappa shape index (κ3) is 6.31. The van der Waals surface area contributed by atoms with E-state index in [1.165, 1.54) is 6.08 Å². The molecule has 3 rings (SSSR count). The van der Waals surface area contributed by atoms with E-state index >= 15 is 0 Å². The van der Waals surface area contributed by atoms with Gasteiger partial charge in [0.15, 0.2) is 5.11 Å². The number of halogens is 3. The fourth-order valence-corrected chi connectivity index (χ4v) is 4.03. The number of amides is 1. The zero-order valence-corrected chi connectivity index (χ0v) is 20.3. The third-order valence-corrected chi connectivity index (χ3v) is 5.42. The zero-order valence-electron chi connectivity index (χ0n) is 15.8. The number of anilines is 1. The molecule has 0 atom stereocenters. The SMILES string of the molecule is CCc1cc(I)ccc1NC(=S)NC(=O)/C=C/c1ccc(-c2cc(Cl)cc(Cl)c2)o1. The van der Waals surface area contributed by atoms with Crippen LogP contribution in [-0.2, 0) is 11.2 Å². The van der Waals surface area contributed by atoms with Gasteiger partial charge in [0.1, 0.15) is 11.5 Å². The van der Waals surface area contributed by atoms with Gasteiger partial charge < -0.3 is 9.73 Å². The van der Waals surface area contributed by atoms with Crippen molar-refractivity contribution < 1.29 is 9.21 Å². The average Bonchev–Trinajstić information content (AvgIpc) is 3.16. The number of furan rings is 1. The third-order valence-electron chi connectivity index (χ3n) is 4.11. The Balaban J connectivity index is 1.61. The number of thiocarbonyl (C=S) groups is 1. The molecule has 1 heterocycles. The summed E-state index contributed by atoms with van der Waals surface area (Å²) in [4.78, 5) is 12.2. The number of aryl methyl sites for hydroxylation is 1. The molecular weight excluding hydrogens is 554 g/mol. The van der Waals surface area contributed by atoms with Crippen molar-refractivity contribution >= 4 is 80.8 Å². The largest absolute Gasteiger partial charge is 0.457 e. The molecule has 2 aromatic carbocycles. The molecule has 0 saturated carbocycles. The summed E-state index contributed by atoms with van der Waals surface area (Å²) in [7, 11) is 0. The highest BCUT2D eigenvalue weighted by Gasteiger charge is 2.08. The molecule has 0 unspecified atom stereocenters. The minimum atomic E-state index is -0.361. The summed E-state index contributed by atoms with van der Waals surface area (Å²) < 4.78 is 6.88. The van der Waals surface area contributed by atoms with E-state index in [9.17, 15) is 4.79 Å². The second-order valence-corrected chi connectivity index (χ2v) is 8.82. The average molecular weight is 571 g/mol. The molecule has 0 radical (unpaired) electrons. The van der Waals surface area contributed by atoms with Gasteiger partial charge in [0.25, 0.3) is 0 Å². The monoisotopic (exact) mass is 570 g/mol. The smallest absolute Gasteiger partial charge is 0.250 e. The molecule has 1 aromatic heterocycles. The van der Waals surface area contributed by atoms with Crippen molar-refractivity contribution in [3.8, 4) is 11.3 Å². The highest BCUT2D eigenvalue weighted by molar-refractivity contribution is 14.1. The molecule has 0 saturated heterocycles. The van der Waals surface area contributed by atoms with Crippen LogP contribution in [0.15, 0.2) is 59.0 Å². The number of rotatable bonds is 5. The van der Waals surface area contributed by atoms with E-state index < -0.39 is 0 Å². The van der Waals surface area contributed by atoms with Gasteiger partial charge in [-0.1, -0.05) is 30.1 Å². The van der Waals surface area contributed by atoms with Crippen LogP contribution < -0.4 is 10.6 Å². The van der Waals surface area contributed by atoms with E-state index in [0.717, 1.165) is 26.8 Å². The number of hydrogen-bond acceptors (Lipinski definition) is 3. The first-order valence-corrected chi connectivity index (χ1v) is 11.2. The van der Waals surface area contributed by atoms with Gasteiger partial charge in [0, 0.05) is 30.9 Å². The van der Waals surface area contributed by atoms with Crippen LogP contribution in [0.25, 0.3) is 17.4 Å². The van der Waals surface area contributed by atoms with Crippen LogP contribution in [0.5, 0.6) is 0 Å². The quantitative estimate of drug-likeness (QED) is 0.198. The zero-order chi connectivity index (χ0) is 21.7. The Hall–Kier alpha value is -1.87. The Kier molecular flexibility index (Phi) is 7.93. The number of carbonyl (C=O) groups excluding carboxylic acids is 1. The molecule has 0 aliphatic carbocycles. The molecule has 0 aliphatic heterocycles. The van der Waals surface area contributed by atoms with E-state index in [2.05, 4.69) is 46.2 Å². The molecule has 0 aliphatic rings. The summed E-state index contributed by atoms with van der Waals surface area (Å²) in [6, 6.07) is 14.7. The van der Waals surface area contributed by atoms with Crippen LogP contribution >= 0.6 is 58.0 Å². The standard InChI is InChI=1S/C22H17Cl2IN2O2S/c1-2-13-11-17(25)3-6-19(13)26-22(30)27-21(28)8-5-18-4-7-20(29-18)14-9-15(23)12-16(24)10-14/h3-12H,2H2,1H3,(H2,26,27,28,30)/b8-5+. The van der Waals surface area contributed by atoms with Crippen LogP contribution in [-0.4, -0.2) is 11.0 Å². The van der Waals surface area contributed by atoms with Gasteiger partial charge in [-0.2, -0.15) is 0 Å². The second kappa shape index (κ2) is 10.4. The van der Waals surface area contributed by atoms with Crippen molar-refractivity contribution in [3.05, 3.63) is 79.5 Å². The molecule has 2 N–H and O–H groups in total. The molecule has 0 bridgehead atoms. The summed E-state index contributed by atoms with van der Waals surface area (Å²) in [5, 5.41) is 6.97. The van der Waals surface area contributed by atoms with E-state index in [4.69, 9.17) is 39.8 Å². The number of hydrogen-bond donors (Lipinski definition) is 2. The minimum Gasteiger partial charge on any atom is -0.457 e. The highest BCUT2D eigenvalue weighted by atomic mass is 127. The van der Waals surface area contributed by atoms with E-state index in [0.29, 0.717) is 21.6 Å². The summed E-state index contributed by atoms with van der Waals surface area (Å²) in [6.45, 7) is 2.07. The highest BCUT2D eigenvalue weighted by Crippen LogP contribution is 2.29. The minimum absolute atomic E-state index is 0.231. The van der Waals surface area contributed by atoms with Crippen molar-refractivity contribution in [1.29, 1.82) is 0 Å². The van der Waals surface area contributed by atoms with Crippen LogP contribution in [0.1, 0.15) is 18.2 Å². The molecule has 154 valence electrons. The van der Waals surface area contributed by atoms with Crippen molar-refractivity contribution in [1.82, 2.24) is 5.32 Å². The lowest BCUT2D eigenvalue weighted by molar-refractivity contribution is -0.115. The topological polar surface area (TPSA) is 54.3 Å². The molecule has 30 heavy (non-hydrogen) atoms. The lowest BCUT2D eigenvalue weighted by atomic mass is 10.1. The summed E-state index contributed by atoms with van der Waals surface area (Å²) in [5.74, 6) is 0.753. The molecule has 0 spiro atoms. The van der Waals surface area contributed by atoms with Crippen molar-refractivity contribution in [2.24, 2.45) is 0 Å². The molecule has 1 amide bonds. The van der Waals surface area contributed by atoms with E-state index in [-0.39, 0.29) is 11.0 Å². The molecule has 8 heteroatoms. The van der Waals surface area contributed by atoms with Crippen molar-refractivity contribution in [2.45, 2.75) is 13.3 Å². The van der Waals surface area contributed by atoms with Gasteiger partial charge >= 0.3 is 0 Å². The van der Waals surface area contributed by atoms with Crippen molar-refractivity contribution in [2.75, 3.05) is 5.32 Å². The predicted octanol–water partition coefficient (Wildman–Crippen LogP) is 6.95. The molecule has 4 nitrogen and oxygen atoms in total. The predicted molar refractivity (Wildman–Crippen MR) is 136 cm³/mol. The lowest BCUT2D eigenvalue weighted by Crippen LogP contribution is -2.33. The summed E-state index contributed by atoms with van der Waals surface area (Å²) in [5.41, 5.74) is 2.76. The summed E-state index contributed by atoms with van der Waals surface area (Å²) in [6.07, 6.45) is 3.78. The first-order valence-electron chi connectivity index (χ1n) is 8.99.